The van der Waals surface area contributed by atoms with E-state index in [0.29, 0.717) is 22.0 Å². The molecule has 25 heavy (non-hydrogen) atoms. The van der Waals surface area contributed by atoms with E-state index in [1.165, 1.54) is 11.9 Å². The van der Waals surface area contributed by atoms with Crippen molar-refractivity contribution in [2.75, 3.05) is 25.5 Å². The maximum atomic E-state index is 12.1. The molecule has 2 rings (SSSR count). The van der Waals surface area contributed by atoms with Crippen molar-refractivity contribution in [1.29, 1.82) is 0 Å². The van der Waals surface area contributed by atoms with Gasteiger partial charge in [-0.15, -0.1) is 6.42 Å². The highest BCUT2D eigenvalue weighted by atomic mass is 35.5. The van der Waals surface area contributed by atoms with Crippen molar-refractivity contribution in [3.05, 3.63) is 59.1 Å². The zero-order chi connectivity index (χ0) is 18.2. The number of hydrogen-bond acceptors (Lipinski definition) is 3. The van der Waals surface area contributed by atoms with Gasteiger partial charge in [0.25, 0.3) is 5.91 Å². The Morgan fingerprint density at radius 3 is 2.72 bits per heavy atom. The molecule has 0 aromatic heterocycles. The summed E-state index contributed by atoms with van der Waals surface area (Å²) in [6.07, 6.45) is 5.32. The lowest BCUT2D eigenvalue weighted by molar-refractivity contribution is -0.135. The van der Waals surface area contributed by atoms with Crippen LogP contribution in [0, 0.1) is 12.3 Å². The first-order valence-electron chi connectivity index (χ1n) is 7.47. The van der Waals surface area contributed by atoms with Crippen LogP contribution < -0.4 is 10.1 Å². The Kier molecular flexibility index (Phi) is 6.44. The summed E-state index contributed by atoms with van der Waals surface area (Å²) in [5.74, 6) is 2.33. The van der Waals surface area contributed by atoms with E-state index in [0.717, 1.165) is 0 Å². The molecular formula is C19H17ClN2O3. The monoisotopic (exact) mass is 356 g/mol. The van der Waals surface area contributed by atoms with Crippen molar-refractivity contribution in [1.82, 2.24) is 4.90 Å². The van der Waals surface area contributed by atoms with E-state index < -0.39 is 0 Å². The number of ether oxygens (including phenoxy) is 1. The summed E-state index contributed by atoms with van der Waals surface area (Å²) >= 11 is 5.85. The highest BCUT2D eigenvalue weighted by Crippen LogP contribution is 2.17. The Morgan fingerprint density at radius 2 is 2.00 bits per heavy atom. The Hall–Kier alpha value is -2.97. The molecule has 0 aliphatic rings. The van der Waals surface area contributed by atoms with E-state index in [2.05, 4.69) is 11.2 Å². The quantitative estimate of drug-likeness (QED) is 0.810. The van der Waals surface area contributed by atoms with Gasteiger partial charge in [0.1, 0.15) is 5.75 Å². The number of likely N-dealkylation sites (N-methyl/N-ethyl adjacent to an activating group) is 1. The molecule has 128 valence electrons. The summed E-state index contributed by atoms with van der Waals surface area (Å²) in [5.41, 5.74) is 1.24. The van der Waals surface area contributed by atoms with Gasteiger partial charge in [-0.1, -0.05) is 29.7 Å². The smallest absolute Gasteiger partial charge is 0.260 e. The summed E-state index contributed by atoms with van der Waals surface area (Å²) < 4.78 is 5.37. The second kappa shape index (κ2) is 8.76. The molecule has 0 spiro atoms. The predicted molar refractivity (Wildman–Crippen MR) is 97.6 cm³/mol. The molecule has 2 aromatic carbocycles. The topological polar surface area (TPSA) is 58.6 Å². The lowest BCUT2D eigenvalue weighted by atomic mass is 10.2. The fourth-order valence-electron chi connectivity index (χ4n) is 2.00. The number of hydrogen-bond donors (Lipinski definition) is 1. The number of halogens is 1. The molecule has 0 saturated heterocycles. The van der Waals surface area contributed by atoms with Crippen molar-refractivity contribution in [3.8, 4) is 18.1 Å². The average Bonchev–Trinajstić information content (AvgIpc) is 2.59. The Bertz CT molecular complexity index is 814. The highest BCUT2D eigenvalue weighted by molar-refractivity contribution is 6.30. The first-order chi connectivity index (χ1) is 12.0. The molecular weight excluding hydrogens is 340 g/mol. The fourth-order valence-corrected chi connectivity index (χ4v) is 2.18. The summed E-state index contributed by atoms with van der Waals surface area (Å²) in [6, 6.07) is 13.7. The van der Waals surface area contributed by atoms with Gasteiger partial charge in [-0.3, -0.25) is 9.59 Å². The van der Waals surface area contributed by atoms with E-state index in [4.69, 9.17) is 22.8 Å². The highest BCUT2D eigenvalue weighted by Gasteiger charge is 2.14. The van der Waals surface area contributed by atoms with Crippen molar-refractivity contribution in [2.24, 2.45) is 0 Å². The van der Waals surface area contributed by atoms with Crippen LogP contribution >= 0.6 is 11.6 Å². The number of terminal acetylenes is 1. The van der Waals surface area contributed by atoms with Crippen LogP contribution in [-0.4, -0.2) is 36.9 Å². The first kappa shape index (κ1) is 18.4. The summed E-state index contributed by atoms with van der Waals surface area (Å²) in [6.45, 7) is -0.283. The number of nitrogens with one attached hydrogen (secondary N) is 1. The van der Waals surface area contributed by atoms with Crippen molar-refractivity contribution < 1.29 is 14.3 Å². The van der Waals surface area contributed by atoms with Gasteiger partial charge >= 0.3 is 0 Å². The lowest BCUT2D eigenvalue weighted by Crippen LogP contribution is -2.37. The van der Waals surface area contributed by atoms with Crippen molar-refractivity contribution in [2.45, 2.75) is 0 Å². The summed E-state index contributed by atoms with van der Waals surface area (Å²) in [4.78, 5) is 25.4. The second-order valence-corrected chi connectivity index (χ2v) is 5.71. The summed E-state index contributed by atoms with van der Waals surface area (Å²) in [5, 5.41) is 3.22. The molecule has 1 N–H and O–H groups in total. The molecule has 0 aliphatic heterocycles. The molecule has 0 saturated carbocycles. The number of nitrogens with zero attached hydrogens (tertiary/aromatic N) is 1. The van der Waals surface area contributed by atoms with Gasteiger partial charge in [-0.2, -0.15) is 0 Å². The van der Waals surface area contributed by atoms with Gasteiger partial charge in [0.05, 0.1) is 6.54 Å². The normalized spacial score (nSPS) is 9.80. The third kappa shape index (κ3) is 5.87. The molecule has 2 amide bonds. The SMILES string of the molecule is C#Cc1cccc(NC(=O)CN(C)C(=O)COc2cccc(Cl)c2)c1. The van der Waals surface area contributed by atoms with Crippen LogP contribution in [0.5, 0.6) is 5.75 Å². The average molecular weight is 357 g/mol. The van der Waals surface area contributed by atoms with Crippen LogP contribution in [0.15, 0.2) is 48.5 Å². The zero-order valence-corrected chi connectivity index (χ0v) is 14.4. The Morgan fingerprint density at radius 1 is 1.24 bits per heavy atom. The van der Waals surface area contributed by atoms with Crippen LogP contribution in [0.25, 0.3) is 0 Å². The molecule has 0 fully saturated rings. The largest absolute Gasteiger partial charge is 0.484 e. The zero-order valence-electron chi connectivity index (χ0n) is 13.7. The van der Waals surface area contributed by atoms with Crippen LogP contribution in [0.1, 0.15) is 5.56 Å². The van der Waals surface area contributed by atoms with Gasteiger partial charge in [0.15, 0.2) is 6.61 Å². The minimum Gasteiger partial charge on any atom is -0.484 e. The maximum Gasteiger partial charge on any atom is 0.260 e. The maximum absolute atomic E-state index is 12.1. The molecule has 6 heteroatoms. The molecule has 0 aliphatic carbocycles. The predicted octanol–water partition coefficient (Wildman–Crippen LogP) is 2.80. The number of rotatable bonds is 6. The van der Waals surface area contributed by atoms with Gasteiger partial charge in [0.2, 0.25) is 5.91 Å². The van der Waals surface area contributed by atoms with Gasteiger partial charge < -0.3 is 15.0 Å². The fraction of sp³-hybridized carbons (Fsp3) is 0.158. The molecule has 0 radical (unpaired) electrons. The molecule has 5 nitrogen and oxygen atoms in total. The van der Waals surface area contributed by atoms with Crippen LogP contribution in [0.3, 0.4) is 0 Å². The lowest BCUT2D eigenvalue weighted by Gasteiger charge is -2.17. The Balaban J connectivity index is 1.83. The minimum atomic E-state index is -0.326. The number of carbonyl (C=O) groups is 2. The standard InChI is InChI=1S/C19H17ClN2O3/c1-3-14-6-4-8-16(10-14)21-18(23)12-22(2)19(24)13-25-17-9-5-7-15(20)11-17/h1,4-11H,12-13H2,2H3,(H,21,23). The number of amides is 2. The number of benzene rings is 2. The van der Waals surface area contributed by atoms with E-state index in [-0.39, 0.29) is 25.0 Å². The third-order valence-electron chi connectivity index (χ3n) is 3.28. The molecule has 2 aromatic rings. The van der Waals surface area contributed by atoms with Crippen molar-refractivity contribution >= 4 is 29.1 Å². The van der Waals surface area contributed by atoms with Gasteiger partial charge in [0, 0.05) is 23.3 Å². The Labute approximate surface area is 151 Å². The van der Waals surface area contributed by atoms with E-state index >= 15 is 0 Å². The van der Waals surface area contributed by atoms with Gasteiger partial charge in [-0.05, 0) is 36.4 Å². The van der Waals surface area contributed by atoms with Crippen LogP contribution in [0.4, 0.5) is 5.69 Å². The number of carbonyl (C=O) groups excluding carboxylic acids is 2. The second-order valence-electron chi connectivity index (χ2n) is 5.27. The molecule has 0 heterocycles. The minimum absolute atomic E-state index is 0.0992. The molecule has 0 bridgehead atoms. The third-order valence-corrected chi connectivity index (χ3v) is 3.51. The van der Waals surface area contributed by atoms with E-state index in [1.54, 1.807) is 48.5 Å². The molecule has 0 unspecified atom stereocenters. The van der Waals surface area contributed by atoms with Crippen LogP contribution in [-0.2, 0) is 9.59 Å². The first-order valence-corrected chi connectivity index (χ1v) is 7.84. The van der Waals surface area contributed by atoms with E-state index in [1.807, 2.05) is 0 Å². The summed E-state index contributed by atoms with van der Waals surface area (Å²) in [7, 11) is 1.53. The van der Waals surface area contributed by atoms with Crippen LogP contribution in [0.2, 0.25) is 5.02 Å². The number of anilines is 1. The molecule has 0 atom stereocenters. The van der Waals surface area contributed by atoms with Gasteiger partial charge in [-0.25, -0.2) is 0 Å². The van der Waals surface area contributed by atoms with Crippen molar-refractivity contribution in [3.63, 3.8) is 0 Å². The van der Waals surface area contributed by atoms with E-state index in [9.17, 15) is 9.59 Å².